The van der Waals surface area contributed by atoms with Gasteiger partial charge < -0.3 is 10.00 Å². The Morgan fingerprint density at radius 3 is 2.33 bits per heavy atom. The van der Waals surface area contributed by atoms with E-state index >= 15 is 0 Å². The van der Waals surface area contributed by atoms with Gasteiger partial charge in [-0.05, 0) is 25.0 Å². The summed E-state index contributed by atoms with van der Waals surface area (Å²) in [5, 5.41) is 9.10. The van der Waals surface area contributed by atoms with Gasteiger partial charge in [-0.3, -0.25) is 4.57 Å². The van der Waals surface area contributed by atoms with Crippen molar-refractivity contribution >= 4 is 12.7 Å². The van der Waals surface area contributed by atoms with Crippen LogP contribution < -0.4 is 5.30 Å². The number of unbranched alkanes of at least 4 members (excludes halogenated alkanes) is 2. The molecule has 0 aliphatic heterocycles. The van der Waals surface area contributed by atoms with E-state index in [1.54, 1.807) is 24.3 Å². The largest absolute Gasteiger partial charge is 0.396 e. The normalized spacial score (nSPS) is 14.8. The Morgan fingerprint density at radius 2 is 1.73 bits per heavy atom. The SMILES string of the molecule is O=P(O)(CCCCCO)c1ccccc1. The maximum Gasteiger partial charge on any atom is 0.229 e. The lowest BCUT2D eigenvalue weighted by Crippen LogP contribution is -2.06. The monoisotopic (exact) mass is 228 g/mol. The molecule has 0 radical (unpaired) electrons. The molecule has 15 heavy (non-hydrogen) atoms. The zero-order valence-corrected chi connectivity index (χ0v) is 9.57. The number of aliphatic hydroxyl groups is 1. The van der Waals surface area contributed by atoms with E-state index in [2.05, 4.69) is 0 Å². The van der Waals surface area contributed by atoms with Gasteiger partial charge in [0, 0.05) is 18.1 Å². The van der Waals surface area contributed by atoms with E-state index in [9.17, 15) is 9.46 Å². The fraction of sp³-hybridized carbons (Fsp3) is 0.455. The van der Waals surface area contributed by atoms with Gasteiger partial charge in [-0.1, -0.05) is 24.6 Å². The van der Waals surface area contributed by atoms with E-state index in [0.717, 1.165) is 6.42 Å². The molecule has 0 heterocycles. The standard InChI is InChI=1S/C11H17O3P/c12-9-5-2-6-10-15(13,14)11-7-3-1-4-8-11/h1,3-4,7-8,12H,2,5-6,9-10H2,(H,13,14). The van der Waals surface area contributed by atoms with Gasteiger partial charge in [0.1, 0.15) is 0 Å². The number of benzene rings is 1. The number of aliphatic hydroxyl groups excluding tert-OH is 1. The summed E-state index contributed by atoms with van der Waals surface area (Å²) in [6.45, 7) is 0.154. The highest BCUT2D eigenvalue weighted by Gasteiger charge is 2.19. The van der Waals surface area contributed by atoms with Crippen molar-refractivity contribution < 1.29 is 14.6 Å². The van der Waals surface area contributed by atoms with Gasteiger partial charge in [0.15, 0.2) is 0 Å². The molecule has 1 atom stereocenters. The van der Waals surface area contributed by atoms with Crippen molar-refractivity contribution in [1.29, 1.82) is 0 Å². The van der Waals surface area contributed by atoms with E-state index in [1.807, 2.05) is 6.07 Å². The molecule has 1 unspecified atom stereocenters. The Kier molecular flexibility index (Phi) is 5.03. The zero-order valence-electron chi connectivity index (χ0n) is 8.67. The molecule has 0 fully saturated rings. The highest BCUT2D eigenvalue weighted by Crippen LogP contribution is 2.40. The second kappa shape index (κ2) is 6.06. The summed E-state index contributed by atoms with van der Waals surface area (Å²) in [7, 11) is -3.17. The van der Waals surface area contributed by atoms with Crippen LogP contribution in [0.5, 0.6) is 0 Å². The average Bonchev–Trinajstić information content (AvgIpc) is 2.26. The summed E-state index contributed by atoms with van der Waals surface area (Å²) in [4.78, 5) is 9.78. The molecular formula is C11H17O3P. The van der Waals surface area contributed by atoms with Gasteiger partial charge >= 0.3 is 0 Å². The first-order valence-corrected chi connectivity index (χ1v) is 6.99. The van der Waals surface area contributed by atoms with Crippen LogP contribution in [0.1, 0.15) is 19.3 Å². The molecule has 1 rings (SSSR count). The summed E-state index contributed by atoms with van der Waals surface area (Å²) >= 11 is 0. The maximum atomic E-state index is 11.9. The molecule has 2 N–H and O–H groups in total. The molecule has 0 aromatic heterocycles. The topological polar surface area (TPSA) is 57.5 Å². The summed E-state index contributed by atoms with van der Waals surface area (Å²) in [6.07, 6.45) is 2.49. The Morgan fingerprint density at radius 1 is 1.07 bits per heavy atom. The molecule has 0 bridgehead atoms. The number of rotatable bonds is 6. The van der Waals surface area contributed by atoms with Crippen molar-refractivity contribution in [3.05, 3.63) is 30.3 Å². The average molecular weight is 228 g/mol. The second-order valence-electron chi connectivity index (χ2n) is 3.54. The lowest BCUT2D eigenvalue weighted by atomic mass is 10.3. The van der Waals surface area contributed by atoms with E-state index < -0.39 is 7.37 Å². The van der Waals surface area contributed by atoms with Gasteiger partial charge in [-0.2, -0.15) is 0 Å². The third-order valence-electron chi connectivity index (χ3n) is 2.28. The van der Waals surface area contributed by atoms with Gasteiger partial charge in [-0.25, -0.2) is 0 Å². The molecule has 0 aliphatic rings. The molecule has 1 aromatic carbocycles. The summed E-state index contributed by atoms with van der Waals surface area (Å²) < 4.78 is 11.9. The molecular weight excluding hydrogens is 211 g/mol. The van der Waals surface area contributed by atoms with Crippen LogP contribution >= 0.6 is 7.37 Å². The van der Waals surface area contributed by atoms with Crippen molar-refractivity contribution in [3.8, 4) is 0 Å². The molecule has 3 nitrogen and oxygen atoms in total. The molecule has 0 saturated carbocycles. The van der Waals surface area contributed by atoms with Gasteiger partial charge in [0.2, 0.25) is 7.37 Å². The van der Waals surface area contributed by atoms with Crippen LogP contribution in [-0.2, 0) is 4.57 Å². The van der Waals surface area contributed by atoms with Gasteiger partial charge in [-0.15, -0.1) is 0 Å². The Hall–Kier alpha value is -0.630. The highest BCUT2D eigenvalue weighted by atomic mass is 31.2. The van der Waals surface area contributed by atoms with E-state index in [4.69, 9.17) is 5.11 Å². The van der Waals surface area contributed by atoms with Crippen LogP contribution in [0.15, 0.2) is 30.3 Å². The number of hydrogen-bond acceptors (Lipinski definition) is 2. The van der Waals surface area contributed by atoms with E-state index in [0.29, 0.717) is 24.3 Å². The Balaban J connectivity index is 2.49. The predicted octanol–water partition coefficient (Wildman–Crippen LogP) is 1.74. The lowest BCUT2D eigenvalue weighted by molar-refractivity contribution is 0.284. The summed E-state index contributed by atoms with van der Waals surface area (Å²) in [5.41, 5.74) is 0. The van der Waals surface area contributed by atoms with Crippen molar-refractivity contribution in [2.24, 2.45) is 0 Å². The lowest BCUT2D eigenvalue weighted by Gasteiger charge is -2.10. The molecule has 1 aromatic rings. The summed E-state index contributed by atoms with van der Waals surface area (Å²) in [6, 6.07) is 8.74. The quantitative estimate of drug-likeness (QED) is 0.576. The van der Waals surface area contributed by atoms with Crippen LogP contribution in [0.2, 0.25) is 0 Å². The van der Waals surface area contributed by atoms with E-state index in [1.165, 1.54) is 0 Å². The van der Waals surface area contributed by atoms with Crippen LogP contribution in [0.4, 0.5) is 0 Å². The minimum atomic E-state index is -3.17. The first-order valence-electron chi connectivity index (χ1n) is 5.15. The minimum Gasteiger partial charge on any atom is -0.396 e. The maximum absolute atomic E-state index is 11.9. The molecule has 0 aliphatic carbocycles. The van der Waals surface area contributed by atoms with Gasteiger partial charge in [0.05, 0.1) is 0 Å². The second-order valence-corrected chi connectivity index (χ2v) is 5.91. The van der Waals surface area contributed by atoms with Crippen LogP contribution in [0.25, 0.3) is 0 Å². The third-order valence-corrected chi connectivity index (χ3v) is 4.31. The number of hydrogen-bond donors (Lipinski definition) is 2. The summed E-state index contributed by atoms with van der Waals surface area (Å²) in [5.74, 6) is 0. The molecule has 84 valence electrons. The van der Waals surface area contributed by atoms with Crippen LogP contribution in [-0.4, -0.2) is 22.8 Å². The Bertz CT molecular complexity index is 324. The molecule has 0 spiro atoms. The molecule has 4 heteroatoms. The van der Waals surface area contributed by atoms with E-state index in [-0.39, 0.29) is 6.61 Å². The molecule has 0 saturated heterocycles. The minimum absolute atomic E-state index is 0.154. The van der Waals surface area contributed by atoms with Crippen LogP contribution in [0.3, 0.4) is 0 Å². The highest BCUT2D eigenvalue weighted by molar-refractivity contribution is 7.66. The van der Waals surface area contributed by atoms with Crippen molar-refractivity contribution in [2.45, 2.75) is 19.3 Å². The third kappa shape index (κ3) is 4.17. The van der Waals surface area contributed by atoms with Crippen LogP contribution in [0, 0.1) is 0 Å². The smallest absolute Gasteiger partial charge is 0.229 e. The van der Waals surface area contributed by atoms with Crippen molar-refractivity contribution in [3.63, 3.8) is 0 Å². The van der Waals surface area contributed by atoms with Gasteiger partial charge in [0.25, 0.3) is 0 Å². The molecule has 0 amide bonds. The van der Waals surface area contributed by atoms with Crippen molar-refractivity contribution in [1.82, 2.24) is 0 Å². The van der Waals surface area contributed by atoms with Crippen molar-refractivity contribution in [2.75, 3.05) is 12.8 Å². The fourth-order valence-corrected chi connectivity index (χ4v) is 2.95. The zero-order chi connectivity index (χ0) is 11.1. The first-order chi connectivity index (χ1) is 7.17. The Labute approximate surface area is 90.2 Å². The predicted molar refractivity (Wildman–Crippen MR) is 61.7 cm³/mol. The first kappa shape index (κ1) is 12.4. The fourth-order valence-electron chi connectivity index (χ4n) is 1.40.